The Bertz CT molecular complexity index is 261. The van der Waals surface area contributed by atoms with Gasteiger partial charge in [0.05, 0.1) is 0 Å². The van der Waals surface area contributed by atoms with Crippen molar-refractivity contribution in [3.63, 3.8) is 0 Å². The number of hydrogen-bond donors (Lipinski definition) is 1. The van der Waals surface area contributed by atoms with Crippen LogP contribution in [0.2, 0.25) is 0 Å². The summed E-state index contributed by atoms with van der Waals surface area (Å²) in [6, 6.07) is 1.47. The SMILES string of the molecule is CCCCCCCCCCC(NC)C1CN2CCN1CC2. The second kappa shape index (κ2) is 9.81. The quantitative estimate of drug-likeness (QED) is 0.591. The fourth-order valence-electron chi connectivity index (χ4n) is 4.07. The molecule has 1 N–H and O–H groups in total. The van der Waals surface area contributed by atoms with Crippen LogP contribution in [0.1, 0.15) is 64.7 Å². The lowest BCUT2D eigenvalue weighted by atomic mass is 9.95. The fraction of sp³-hybridized carbons (Fsp3) is 1.00. The number of nitrogens with one attached hydrogen (secondary N) is 1. The van der Waals surface area contributed by atoms with Crippen molar-refractivity contribution in [1.29, 1.82) is 0 Å². The van der Waals surface area contributed by atoms with E-state index < -0.39 is 0 Å². The molecule has 2 atom stereocenters. The van der Waals surface area contributed by atoms with Crippen LogP contribution in [0.3, 0.4) is 0 Å². The van der Waals surface area contributed by atoms with Crippen molar-refractivity contribution in [2.75, 3.05) is 39.8 Å². The number of nitrogens with zero attached hydrogens (tertiary/aromatic N) is 2. The molecule has 2 bridgehead atoms. The topological polar surface area (TPSA) is 18.5 Å². The third-order valence-electron chi connectivity index (χ3n) is 5.53. The van der Waals surface area contributed by atoms with E-state index >= 15 is 0 Å². The predicted octanol–water partition coefficient (Wildman–Crippen LogP) is 3.11. The molecule has 0 aliphatic carbocycles. The number of piperazine rings is 3. The molecule has 3 heteroatoms. The third-order valence-corrected chi connectivity index (χ3v) is 5.53. The lowest BCUT2D eigenvalue weighted by Gasteiger charge is -2.50. The second-order valence-corrected chi connectivity index (χ2v) is 7.06. The molecule has 0 aromatic heterocycles. The van der Waals surface area contributed by atoms with Gasteiger partial charge in [-0.1, -0.05) is 58.3 Å². The Morgan fingerprint density at radius 2 is 1.52 bits per heavy atom. The molecule has 0 saturated carbocycles. The molecule has 0 spiro atoms. The first-order chi connectivity index (χ1) is 10.3. The molecule has 21 heavy (non-hydrogen) atoms. The van der Waals surface area contributed by atoms with Crippen LogP contribution in [0.25, 0.3) is 0 Å². The average molecular weight is 296 g/mol. The van der Waals surface area contributed by atoms with E-state index in [1.54, 1.807) is 0 Å². The Hall–Kier alpha value is -0.120. The van der Waals surface area contributed by atoms with Crippen LogP contribution >= 0.6 is 0 Å². The highest BCUT2D eigenvalue weighted by Gasteiger charge is 2.35. The molecule has 0 radical (unpaired) electrons. The fourth-order valence-corrected chi connectivity index (χ4v) is 4.07. The molecule has 0 amide bonds. The summed E-state index contributed by atoms with van der Waals surface area (Å²) in [5.74, 6) is 0. The summed E-state index contributed by atoms with van der Waals surface area (Å²) in [5.41, 5.74) is 0. The summed E-state index contributed by atoms with van der Waals surface area (Å²) < 4.78 is 0. The maximum Gasteiger partial charge on any atom is 0.0377 e. The molecule has 0 aromatic carbocycles. The molecule has 0 aromatic rings. The van der Waals surface area contributed by atoms with E-state index in [1.807, 2.05) is 0 Å². The van der Waals surface area contributed by atoms with Gasteiger partial charge in [0.15, 0.2) is 0 Å². The first-order valence-electron chi connectivity index (χ1n) is 9.48. The van der Waals surface area contributed by atoms with Gasteiger partial charge in [0.25, 0.3) is 0 Å². The van der Waals surface area contributed by atoms with Gasteiger partial charge < -0.3 is 5.32 Å². The molecule has 3 nitrogen and oxygen atoms in total. The Morgan fingerprint density at radius 1 is 0.905 bits per heavy atom. The van der Waals surface area contributed by atoms with Crippen LogP contribution < -0.4 is 5.32 Å². The monoisotopic (exact) mass is 295 g/mol. The first kappa shape index (κ1) is 17.2. The van der Waals surface area contributed by atoms with E-state index in [4.69, 9.17) is 0 Å². The van der Waals surface area contributed by atoms with Crippen LogP contribution in [0.5, 0.6) is 0 Å². The molecule has 3 saturated heterocycles. The zero-order chi connectivity index (χ0) is 14.9. The summed E-state index contributed by atoms with van der Waals surface area (Å²) in [7, 11) is 2.16. The van der Waals surface area contributed by atoms with Crippen LogP contribution in [0.15, 0.2) is 0 Å². The van der Waals surface area contributed by atoms with Crippen molar-refractivity contribution >= 4 is 0 Å². The van der Waals surface area contributed by atoms with Gasteiger partial charge in [-0.3, -0.25) is 9.80 Å². The largest absolute Gasteiger partial charge is 0.315 e. The van der Waals surface area contributed by atoms with Crippen LogP contribution in [-0.4, -0.2) is 61.7 Å². The molecule has 3 aliphatic rings. The highest BCUT2D eigenvalue weighted by molar-refractivity contribution is 4.94. The molecule has 3 rings (SSSR count). The summed E-state index contributed by atoms with van der Waals surface area (Å²) >= 11 is 0. The van der Waals surface area contributed by atoms with Gasteiger partial charge >= 0.3 is 0 Å². The maximum absolute atomic E-state index is 3.61. The van der Waals surface area contributed by atoms with E-state index in [0.29, 0.717) is 6.04 Å². The van der Waals surface area contributed by atoms with Crippen molar-refractivity contribution in [2.24, 2.45) is 0 Å². The molecule has 3 fully saturated rings. The lowest BCUT2D eigenvalue weighted by Crippen LogP contribution is -2.66. The molecule has 3 aliphatic heterocycles. The Balaban J connectivity index is 1.56. The van der Waals surface area contributed by atoms with Crippen LogP contribution in [-0.2, 0) is 0 Å². The molecule has 124 valence electrons. The van der Waals surface area contributed by atoms with Gasteiger partial charge in [-0.05, 0) is 13.5 Å². The number of rotatable bonds is 11. The molecular weight excluding hydrogens is 258 g/mol. The Morgan fingerprint density at radius 3 is 2.05 bits per heavy atom. The molecular formula is C18H37N3. The van der Waals surface area contributed by atoms with E-state index in [-0.39, 0.29) is 0 Å². The Kier molecular flexibility index (Phi) is 8.05. The number of likely N-dealkylation sites (N-methyl/N-ethyl adjacent to an activating group) is 1. The second-order valence-electron chi connectivity index (χ2n) is 7.06. The number of unbranched alkanes of at least 4 members (excludes halogenated alkanes) is 7. The van der Waals surface area contributed by atoms with Gasteiger partial charge in [0, 0.05) is 44.8 Å². The normalized spacial score (nSPS) is 29.7. The standard InChI is InChI=1S/C18H37N3/c1-3-4-5-6-7-8-9-10-11-17(19-2)18-16-20-12-14-21(18)15-13-20/h17-19H,3-16H2,1-2H3. The van der Waals surface area contributed by atoms with E-state index in [9.17, 15) is 0 Å². The summed E-state index contributed by atoms with van der Waals surface area (Å²) in [6.07, 6.45) is 12.8. The number of hydrogen-bond acceptors (Lipinski definition) is 3. The van der Waals surface area contributed by atoms with E-state index in [2.05, 4.69) is 29.1 Å². The summed E-state index contributed by atoms with van der Waals surface area (Å²) in [5, 5.41) is 3.61. The van der Waals surface area contributed by atoms with E-state index in [1.165, 1.54) is 90.5 Å². The highest BCUT2D eigenvalue weighted by atomic mass is 15.4. The average Bonchev–Trinajstić information content (AvgIpc) is 2.54. The van der Waals surface area contributed by atoms with Gasteiger partial charge in [-0.25, -0.2) is 0 Å². The van der Waals surface area contributed by atoms with Gasteiger partial charge in [0.2, 0.25) is 0 Å². The van der Waals surface area contributed by atoms with Crippen molar-refractivity contribution in [1.82, 2.24) is 15.1 Å². The van der Waals surface area contributed by atoms with Gasteiger partial charge in [-0.2, -0.15) is 0 Å². The summed E-state index contributed by atoms with van der Waals surface area (Å²) in [4.78, 5) is 5.38. The van der Waals surface area contributed by atoms with Gasteiger partial charge in [-0.15, -0.1) is 0 Å². The van der Waals surface area contributed by atoms with Gasteiger partial charge in [0.1, 0.15) is 0 Å². The summed E-state index contributed by atoms with van der Waals surface area (Å²) in [6.45, 7) is 8.76. The van der Waals surface area contributed by atoms with Crippen molar-refractivity contribution in [3.05, 3.63) is 0 Å². The number of fused-ring (bicyclic) bond motifs is 3. The zero-order valence-electron chi connectivity index (χ0n) is 14.4. The predicted molar refractivity (Wildman–Crippen MR) is 91.9 cm³/mol. The third kappa shape index (κ3) is 5.54. The first-order valence-corrected chi connectivity index (χ1v) is 9.48. The zero-order valence-corrected chi connectivity index (χ0v) is 14.4. The van der Waals surface area contributed by atoms with E-state index in [0.717, 1.165) is 6.04 Å². The minimum atomic E-state index is 0.702. The van der Waals surface area contributed by atoms with Crippen molar-refractivity contribution in [3.8, 4) is 0 Å². The minimum absolute atomic E-state index is 0.702. The van der Waals surface area contributed by atoms with Crippen molar-refractivity contribution in [2.45, 2.75) is 76.8 Å². The lowest BCUT2D eigenvalue weighted by molar-refractivity contribution is -0.00367. The minimum Gasteiger partial charge on any atom is -0.315 e. The Labute approximate surface area is 132 Å². The molecule has 3 heterocycles. The molecule has 2 unspecified atom stereocenters. The van der Waals surface area contributed by atoms with Crippen LogP contribution in [0, 0.1) is 0 Å². The highest BCUT2D eigenvalue weighted by Crippen LogP contribution is 2.21. The van der Waals surface area contributed by atoms with Crippen LogP contribution in [0.4, 0.5) is 0 Å². The van der Waals surface area contributed by atoms with Crippen molar-refractivity contribution < 1.29 is 0 Å². The maximum atomic E-state index is 3.61. The smallest absolute Gasteiger partial charge is 0.0377 e.